The van der Waals surface area contributed by atoms with E-state index in [1.807, 2.05) is 0 Å². The van der Waals surface area contributed by atoms with Crippen LogP contribution in [0.25, 0.3) is 0 Å². The second kappa shape index (κ2) is 8.06. The first-order chi connectivity index (χ1) is 12.4. The normalized spacial score (nSPS) is 20.8. The van der Waals surface area contributed by atoms with Crippen LogP contribution in [0.15, 0.2) is 29.2 Å². The lowest BCUT2D eigenvalue weighted by molar-refractivity contribution is 0.0827. The third kappa shape index (κ3) is 4.10. The molecular formula is C19H29N3O3S. The first kappa shape index (κ1) is 19.3. The second-order valence-corrected chi connectivity index (χ2v) is 9.39. The summed E-state index contributed by atoms with van der Waals surface area (Å²) in [7, 11) is -0.129. The molecule has 7 heteroatoms. The van der Waals surface area contributed by atoms with E-state index < -0.39 is 10.0 Å². The van der Waals surface area contributed by atoms with Gasteiger partial charge in [-0.1, -0.05) is 6.42 Å². The molecule has 3 rings (SSSR count). The zero-order valence-corrected chi connectivity index (χ0v) is 16.5. The molecule has 1 amide bonds. The number of carbonyl (C=O) groups excluding carboxylic acids is 1. The number of carbonyl (C=O) groups is 1. The van der Waals surface area contributed by atoms with E-state index in [1.165, 1.54) is 24.2 Å². The summed E-state index contributed by atoms with van der Waals surface area (Å²) in [6, 6.07) is 6.79. The topological polar surface area (TPSA) is 60.9 Å². The fourth-order valence-corrected chi connectivity index (χ4v) is 5.38. The summed E-state index contributed by atoms with van der Waals surface area (Å²) < 4.78 is 27.4. The van der Waals surface area contributed by atoms with Crippen molar-refractivity contribution in [3.05, 3.63) is 29.8 Å². The van der Waals surface area contributed by atoms with E-state index in [2.05, 4.69) is 4.90 Å². The van der Waals surface area contributed by atoms with Crippen LogP contribution >= 0.6 is 0 Å². The minimum atomic E-state index is -3.49. The number of benzene rings is 1. The zero-order valence-electron chi connectivity index (χ0n) is 15.7. The number of hydrogen-bond acceptors (Lipinski definition) is 4. The average Bonchev–Trinajstić information content (AvgIpc) is 2.68. The minimum absolute atomic E-state index is 0.128. The number of nitrogens with zero attached hydrogens (tertiary/aromatic N) is 3. The molecule has 0 aliphatic carbocycles. The molecule has 0 atom stereocenters. The third-order valence-electron chi connectivity index (χ3n) is 5.48. The Labute approximate surface area is 156 Å². The molecule has 0 unspecified atom stereocenters. The van der Waals surface area contributed by atoms with Gasteiger partial charge in [-0.3, -0.25) is 4.79 Å². The molecule has 2 fully saturated rings. The van der Waals surface area contributed by atoms with Crippen molar-refractivity contribution in [1.82, 2.24) is 14.1 Å². The van der Waals surface area contributed by atoms with Gasteiger partial charge in [-0.15, -0.1) is 0 Å². The fraction of sp³-hybridized carbons (Fsp3) is 0.632. The number of sulfonamides is 1. The van der Waals surface area contributed by atoms with Gasteiger partial charge in [0.15, 0.2) is 0 Å². The van der Waals surface area contributed by atoms with Crippen LogP contribution in [-0.2, 0) is 10.0 Å². The van der Waals surface area contributed by atoms with Crippen molar-refractivity contribution in [2.24, 2.45) is 0 Å². The molecule has 0 N–H and O–H groups in total. The summed E-state index contributed by atoms with van der Waals surface area (Å²) in [5, 5.41) is 0. The van der Waals surface area contributed by atoms with Crippen LogP contribution < -0.4 is 0 Å². The van der Waals surface area contributed by atoms with Gasteiger partial charge >= 0.3 is 0 Å². The van der Waals surface area contributed by atoms with E-state index in [0.717, 1.165) is 25.9 Å². The van der Waals surface area contributed by atoms with Crippen molar-refractivity contribution in [2.75, 3.05) is 40.3 Å². The summed E-state index contributed by atoms with van der Waals surface area (Å²) in [5.74, 6) is -0.128. The Morgan fingerprint density at radius 2 is 1.54 bits per heavy atom. The monoisotopic (exact) mass is 379 g/mol. The molecule has 2 aliphatic rings. The number of piperidine rings is 2. The van der Waals surface area contributed by atoms with Gasteiger partial charge in [-0.05, 0) is 63.0 Å². The molecule has 2 heterocycles. The van der Waals surface area contributed by atoms with Crippen LogP contribution in [0.2, 0.25) is 0 Å². The van der Waals surface area contributed by atoms with Crippen LogP contribution in [-0.4, -0.2) is 74.7 Å². The van der Waals surface area contributed by atoms with E-state index in [-0.39, 0.29) is 10.8 Å². The Morgan fingerprint density at radius 3 is 2.08 bits per heavy atom. The van der Waals surface area contributed by atoms with Crippen molar-refractivity contribution in [3.8, 4) is 0 Å². The van der Waals surface area contributed by atoms with Crippen LogP contribution in [0.3, 0.4) is 0 Å². The first-order valence-corrected chi connectivity index (χ1v) is 10.9. The summed E-state index contributed by atoms with van der Waals surface area (Å²) in [4.78, 5) is 16.2. The highest BCUT2D eigenvalue weighted by atomic mass is 32.2. The van der Waals surface area contributed by atoms with E-state index in [9.17, 15) is 13.2 Å². The van der Waals surface area contributed by atoms with Crippen molar-refractivity contribution in [1.29, 1.82) is 0 Å². The molecule has 0 aromatic heterocycles. The van der Waals surface area contributed by atoms with Crippen LogP contribution in [0.1, 0.15) is 42.5 Å². The summed E-state index contributed by atoms with van der Waals surface area (Å²) >= 11 is 0. The SMILES string of the molecule is CN(C)C(=O)c1ccc(S(=O)(=O)N2CCC(N3CCCCC3)CC2)cc1. The van der Waals surface area contributed by atoms with E-state index in [1.54, 1.807) is 42.7 Å². The van der Waals surface area contributed by atoms with Crippen molar-refractivity contribution < 1.29 is 13.2 Å². The van der Waals surface area contributed by atoms with Crippen molar-refractivity contribution in [3.63, 3.8) is 0 Å². The summed E-state index contributed by atoms with van der Waals surface area (Å²) in [5.41, 5.74) is 0.498. The standard InChI is InChI=1S/C19H29N3O3S/c1-20(2)19(23)16-6-8-18(9-7-16)26(24,25)22-14-10-17(11-15-22)21-12-4-3-5-13-21/h6-9,17H,3-5,10-15H2,1-2H3. The van der Waals surface area contributed by atoms with Gasteiger partial charge in [0, 0.05) is 38.8 Å². The summed E-state index contributed by atoms with van der Waals surface area (Å²) in [6.45, 7) is 3.45. The van der Waals surface area contributed by atoms with E-state index >= 15 is 0 Å². The van der Waals surface area contributed by atoms with Crippen LogP contribution in [0.4, 0.5) is 0 Å². The molecule has 26 heavy (non-hydrogen) atoms. The largest absolute Gasteiger partial charge is 0.345 e. The maximum absolute atomic E-state index is 12.9. The third-order valence-corrected chi connectivity index (χ3v) is 7.39. The van der Waals surface area contributed by atoms with Gasteiger partial charge in [-0.2, -0.15) is 4.31 Å². The number of hydrogen-bond donors (Lipinski definition) is 0. The Morgan fingerprint density at radius 1 is 0.962 bits per heavy atom. The average molecular weight is 380 g/mol. The van der Waals surface area contributed by atoms with Gasteiger partial charge in [-0.25, -0.2) is 8.42 Å². The molecule has 2 saturated heterocycles. The fourth-order valence-electron chi connectivity index (χ4n) is 3.91. The molecular weight excluding hydrogens is 350 g/mol. The van der Waals surface area contributed by atoms with E-state index in [4.69, 9.17) is 0 Å². The molecule has 0 saturated carbocycles. The van der Waals surface area contributed by atoms with Crippen molar-refractivity contribution in [2.45, 2.75) is 43.0 Å². The number of amides is 1. The quantitative estimate of drug-likeness (QED) is 0.803. The highest BCUT2D eigenvalue weighted by Crippen LogP contribution is 2.25. The highest BCUT2D eigenvalue weighted by Gasteiger charge is 2.32. The first-order valence-electron chi connectivity index (χ1n) is 9.45. The molecule has 144 valence electrons. The van der Waals surface area contributed by atoms with Gasteiger partial charge in [0.1, 0.15) is 0 Å². The molecule has 0 spiro atoms. The molecule has 0 bridgehead atoms. The van der Waals surface area contributed by atoms with Gasteiger partial charge in [0.05, 0.1) is 4.90 Å². The smallest absolute Gasteiger partial charge is 0.253 e. The van der Waals surface area contributed by atoms with Crippen molar-refractivity contribution >= 4 is 15.9 Å². The lowest BCUT2D eigenvalue weighted by atomic mass is 10.0. The Balaban J connectivity index is 1.64. The van der Waals surface area contributed by atoms with E-state index in [0.29, 0.717) is 24.7 Å². The molecule has 1 aromatic rings. The maximum atomic E-state index is 12.9. The minimum Gasteiger partial charge on any atom is -0.345 e. The predicted octanol–water partition coefficient (Wildman–Crippen LogP) is 2.03. The second-order valence-electron chi connectivity index (χ2n) is 7.46. The molecule has 2 aliphatic heterocycles. The number of likely N-dealkylation sites (tertiary alicyclic amines) is 1. The Kier molecular flexibility index (Phi) is 5.99. The summed E-state index contributed by atoms with van der Waals surface area (Å²) in [6.07, 6.45) is 5.63. The lowest BCUT2D eigenvalue weighted by Crippen LogP contribution is -2.48. The van der Waals surface area contributed by atoms with Gasteiger partial charge < -0.3 is 9.80 Å². The van der Waals surface area contributed by atoms with Gasteiger partial charge in [0.25, 0.3) is 5.91 Å². The maximum Gasteiger partial charge on any atom is 0.253 e. The molecule has 6 nitrogen and oxygen atoms in total. The molecule has 1 aromatic carbocycles. The lowest BCUT2D eigenvalue weighted by Gasteiger charge is -2.39. The Hall–Kier alpha value is -1.44. The van der Waals surface area contributed by atoms with Crippen LogP contribution in [0.5, 0.6) is 0 Å². The zero-order chi connectivity index (χ0) is 18.7. The molecule has 0 radical (unpaired) electrons. The predicted molar refractivity (Wildman–Crippen MR) is 102 cm³/mol. The highest BCUT2D eigenvalue weighted by molar-refractivity contribution is 7.89. The number of rotatable bonds is 4. The van der Waals surface area contributed by atoms with Crippen LogP contribution in [0, 0.1) is 0 Å². The Bertz CT molecular complexity index is 717. The van der Waals surface area contributed by atoms with Gasteiger partial charge in [0.2, 0.25) is 10.0 Å².